The third-order valence-corrected chi connectivity index (χ3v) is 3.89. The van der Waals surface area contributed by atoms with E-state index in [1.54, 1.807) is 45.0 Å². The molecule has 122 valence electrons. The van der Waals surface area contributed by atoms with Gasteiger partial charge in [-0.05, 0) is 38.5 Å². The number of carbonyl (C=O) groups excluding carboxylic acids is 1. The number of β-amino-alcohol motifs (C(OH)–C–C–N with tert-alkyl or cyclic N) is 1. The Labute approximate surface area is 134 Å². The maximum atomic E-state index is 15.1. The lowest BCUT2D eigenvalue weighted by Gasteiger charge is -2.40. The molecule has 0 aliphatic carbocycles. The number of aliphatic hydroxyl groups is 1. The van der Waals surface area contributed by atoms with Crippen molar-refractivity contribution in [3.05, 3.63) is 34.9 Å². The molecule has 4 nitrogen and oxygen atoms in total. The molecule has 1 aromatic rings. The number of nitrogens with zero attached hydrogens (tertiary/aromatic N) is 1. The second kappa shape index (κ2) is 6.05. The fourth-order valence-corrected chi connectivity index (χ4v) is 2.59. The number of ether oxygens (including phenoxy) is 1. The van der Waals surface area contributed by atoms with Crippen LogP contribution < -0.4 is 0 Å². The Morgan fingerprint density at radius 3 is 2.50 bits per heavy atom. The highest BCUT2D eigenvalue weighted by atomic mass is 35.5. The predicted molar refractivity (Wildman–Crippen MR) is 82.7 cm³/mol. The highest BCUT2D eigenvalue weighted by Crippen LogP contribution is 2.38. The molecule has 0 saturated carbocycles. The van der Waals surface area contributed by atoms with Crippen molar-refractivity contribution in [2.24, 2.45) is 0 Å². The third-order valence-electron chi connectivity index (χ3n) is 3.64. The average molecular weight is 330 g/mol. The van der Waals surface area contributed by atoms with E-state index in [1.165, 1.54) is 4.90 Å². The van der Waals surface area contributed by atoms with Gasteiger partial charge < -0.3 is 14.7 Å². The number of piperidine rings is 1. The molecule has 1 heterocycles. The van der Waals surface area contributed by atoms with Crippen LogP contribution in [0.5, 0.6) is 0 Å². The molecule has 2 atom stereocenters. The standard InChI is InChI=1S/C16H21ClFNO3/c1-15(2,3)22-14(21)19-9-8-16(18,13(20)10-19)11-4-6-12(17)7-5-11/h4-7,13,20H,8-10H2,1-3H3. The molecule has 0 bridgehead atoms. The van der Waals surface area contributed by atoms with Crippen molar-refractivity contribution >= 4 is 17.7 Å². The van der Waals surface area contributed by atoms with Crippen LogP contribution in [-0.2, 0) is 10.4 Å². The van der Waals surface area contributed by atoms with Crippen LogP contribution in [0.2, 0.25) is 5.02 Å². The van der Waals surface area contributed by atoms with Gasteiger partial charge in [0.15, 0.2) is 5.67 Å². The van der Waals surface area contributed by atoms with Gasteiger partial charge in [0.1, 0.15) is 11.7 Å². The molecule has 1 aliphatic heterocycles. The van der Waals surface area contributed by atoms with Gasteiger partial charge in [-0.3, -0.25) is 0 Å². The minimum absolute atomic E-state index is 0.00897. The number of amides is 1. The summed E-state index contributed by atoms with van der Waals surface area (Å²) in [5.41, 5.74) is -2.14. The van der Waals surface area contributed by atoms with Crippen molar-refractivity contribution in [1.82, 2.24) is 4.90 Å². The van der Waals surface area contributed by atoms with Gasteiger partial charge in [0, 0.05) is 18.0 Å². The monoisotopic (exact) mass is 329 g/mol. The summed E-state index contributed by atoms with van der Waals surface area (Å²) in [6.45, 7) is 5.37. The Morgan fingerprint density at radius 1 is 1.41 bits per heavy atom. The van der Waals surface area contributed by atoms with E-state index in [9.17, 15) is 9.90 Å². The van der Waals surface area contributed by atoms with Crippen molar-refractivity contribution in [2.75, 3.05) is 13.1 Å². The molecule has 1 amide bonds. The fourth-order valence-electron chi connectivity index (χ4n) is 2.47. The molecule has 0 radical (unpaired) electrons. The van der Waals surface area contributed by atoms with E-state index in [2.05, 4.69) is 0 Å². The summed E-state index contributed by atoms with van der Waals surface area (Å²) in [6, 6.07) is 6.31. The van der Waals surface area contributed by atoms with Crippen molar-refractivity contribution in [3.63, 3.8) is 0 Å². The minimum Gasteiger partial charge on any atom is -0.444 e. The first-order valence-corrected chi connectivity index (χ1v) is 7.60. The van der Waals surface area contributed by atoms with Crippen molar-refractivity contribution < 1.29 is 19.0 Å². The van der Waals surface area contributed by atoms with Gasteiger partial charge in [-0.1, -0.05) is 23.7 Å². The summed E-state index contributed by atoms with van der Waals surface area (Å²) < 4.78 is 20.4. The quantitative estimate of drug-likeness (QED) is 0.857. The summed E-state index contributed by atoms with van der Waals surface area (Å²) in [5, 5.41) is 10.7. The van der Waals surface area contributed by atoms with Gasteiger partial charge in [-0.15, -0.1) is 0 Å². The smallest absolute Gasteiger partial charge is 0.410 e. The van der Waals surface area contributed by atoms with E-state index in [-0.39, 0.29) is 19.5 Å². The van der Waals surface area contributed by atoms with E-state index in [0.29, 0.717) is 10.6 Å². The molecular weight excluding hydrogens is 309 g/mol. The van der Waals surface area contributed by atoms with Gasteiger partial charge >= 0.3 is 6.09 Å². The van der Waals surface area contributed by atoms with Crippen LogP contribution in [0.3, 0.4) is 0 Å². The Balaban J connectivity index is 2.09. The first kappa shape index (κ1) is 17.0. The Morgan fingerprint density at radius 2 is 2.00 bits per heavy atom. The number of benzene rings is 1. The molecule has 1 fully saturated rings. The van der Waals surface area contributed by atoms with Crippen molar-refractivity contribution in [2.45, 2.75) is 44.6 Å². The number of carbonyl (C=O) groups is 1. The second-order valence-corrected chi connectivity index (χ2v) is 7.00. The van der Waals surface area contributed by atoms with Crippen LogP contribution in [0.1, 0.15) is 32.8 Å². The molecule has 1 aromatic carbocycles. The van der Waals surface area contributed by atoms with E-state index < -0.39 is 23.5 Å². The maximum absolute atomic E-state index is 15.1. The summed E-state index contributed by atoms with van der Waals surface area (Å²) >= 11 is 5.80. The van der Waals surface area contributed by atoms with Gasteiger partial charge in [0.2, 0.25) is 0 Å². The summed E-state index contributed by atoms with van der Waals surface area (Å²) in [6.07, 6.45) is -1.84. The average Bonchev–Trinajstić information content (AvgIpc) is 2.40. The zero-order chi connectivity index (χ0) is 16.5. The summed E-state index contributed by atoms with van der Waals surface area (Å²) in [7, 11) is 0. The lowest BCUT2D eigenvalue weighted by molar-refractivity contribution is -0.0744. The number of likely N-dealkylation sites (tertiary alicyclic amines) is 1. The molecule has 6 heteroatoms. The molecule has 2 unspecified atom stereocenters. The van der Waals surface area contributed by atoms with Crippen LogP contribution in [0, 0.1) is 0 Å². The Bertz CT molecular complexity index is 543. The number of alkyl halides is 1. The van der Waals surface area contributed by atoms with E-state index in [4.69, 9.17) is 16.3 Å². The van der Waals surface area contributed by atoms with Crippen molar-refractivity contribution in [1.29, 1.82) is 0 Å². The molecule has 0 aromatic heterocycles. The molecule has 1 saturated heterocycles. The number of rotatable bonds is 1. The normalized spacial score (nSPS) is 25.9. The topological polar surface area (TPSA) is 49.8 Å². The van der Waals surface area contributed by atoms with Gasteiger partial charge in [-0.25, -0.2) is 9.18 Å². The molecule has 0 spiro atoms. The van der Waals surface area contributed by atoms with Crippen LogP contribution in [0.15, 0.2) is 24.3 Å². The van der Waals surface area contributed by atoms with Crippen LogP contribution in [0.4, 0.5) is 9.18 Å². The Hall–Kier alpha value is -1.33. The molecular formula is C16H21ClFNO3. The largest absolute Gasteiger partial charge is 0.444 e. The summed E-state index contributed by atoms with van der Waals surface area (Å²) in [5.74, 6) is 0. The number of hydrogen-bond donors (Lipinski definition) is 1. The van der Waals surface area contributed by atoms with E-state index in [1.807, 2.05) is 0 Å². The molecule has 1 aliphatic rings. The molecule has 2 rings (SSSR count). The molecule has 22 heavy (non-hydrogen) atoms. The number of halogens is 2. The Kier molecular flexibility index (Phi) is 4.68. The highest BCUT2D eigenvalue weighted by molar-refractivity contribution is 6.30. The number of aliphatic hydroxyl groups excluding tert-OH is 1. The highest BCUT2D eigenvalue weighted by Gasteiger charge is 2.45. The lowest BCUT2D eigenvalue weighted by atomic mass is 9.84. The maximum Gasteiger partial charge on any atom is 0.410 e. The fraction of sp³-hybridized carbons (Fsp3) is 0.562. The van der Waals surface area contributed by atoms with Crippen LogP contribution in [0.25, 0.3) is 0 Å². The zero-order valence-corrected chi connectivity index (χ0v) is 13.7. The predicted octanol–water partition coefficient (Wildman–Crippen LogP) is 3.51. The molecule has 1 N–H and O–H groups in total. The number of hydrogen-bond acceptors (Lipinski definition) is 3. The van der Waals surface area contributed by atoms with Crippen LogP contribution in [-0.4, -0.2) is 40.9 Å². The third kappa shape index (κ3) is 3.70. The van der Waals surface area contributed by atoms with Crippen LogP contribution >= 0.6 is 11.6 Å². The second-order valence-electron chi connectivity index (χ2n) is 6.56. The summed E-state index contributed by atoms with van der Waals surface area (Å²) in [4.78, 5) is 13.3. The van der Waals surface area contributed by atoms with Gasteiger partial charge in [0.05, 0.1) is 6.54 Å². The zero-order valence-electron chi connectivity index (χ0n) is 13.0. The first-order chi connectivity index (χ1) is 10.1. The lowest BCUT2D eigenvalue weighted by Crippen LogP contribution is -2.53. The van der Waals surface area contributed by atoms with Crippen molar-refractivity contribution in [3.8, 4) is 0 Å². The van der Waals surface area contributed by atoms with Gasteiger partial charge in [0.25, 0.3) is 0 Å². The van der Waals surface area contributed by atoms with E-state index in [0.717, 1.165) is 0 Å². The van der Waals surface area contributed by atoms with E-state index >= 15 is 4.39 Å². The SMILES string of the molecule is CC(C)(C)OC(=O)N1CCC(F)(c2ccc(Cl)cc2)C(O)C1. The minimum atomic E-state index is -1.89. The van der Waals surface area contributed by atoms with Gasteiger partial charge in [-0.2, -0.15) is 0 Å². The first-order valence-electron chi connectivity index (χ1n) is 7.23.